The highest BCUT2D eigenvalue weighted by Crippen LogP contribution is 1.91. The van der Waals surface area contributed by atoms with Gasteiger partial charge in [0.15, 0.2) is 5.16 Å². The van der Waals surface area contributed by atoms with Crippen LogP contribution in [0.2, 0.25) is 0 Å². The van der Waals surface area contributed by atoms with Crippen molar-refractivity contribution in [3.8, 4) is 0 Å². The predicted octanol–water partition coefficient (Wildman–Crippen LogP) is -0.680. The van der Waals surface area contributed by atoms with Crippen LogP contribution in [0.1, 0.15) is 16.2 Å². The maximum atomic E-state index is 9.99. The molecule has 1 aromatic rings. The van der Waals surface area contributed by atoms with Crippen molar-refractivity contribution in [2.24, 2.45) is 0 Å². The van der Waals surface area contributed by atoms with Gasteiger partial charge in [0.05, 0.1) is 0 Å². The third kappa shape index (κ3) is 0.758. The van der Waals surface area contributed by atoms with Gasteiger partial charge in [0.25, 0.3) is 0 Å². The molecule has 0 aliphatic carbocycles. The molecule has 0 aliphatic heterocycles. The lowest BCUT2D eigenvalue weighted by atomic mass is 10.4. The highest BCUT2D eigenvalue weighted by atomic mass is 16.8. The van der Waals surface area contributed by atoms with Crippen molar-refractivity contribution in [1.82, 2.24) is 5.16 Å². The third-order valence-electron chi connectivity index (χ3n) is 0.986. The van der Waals surface area contributed by atoms with Gasteiger partial charge in [-0.15, -0.1) is 0 Å². The molecule has 0 spiro atoms. The van der Waals surface area contributed by atoms with Crippen LogP contribution in [-0.4, -0.2) is 16.7 Å². The summed E-state index contributed by atoms with van der Waals surface area (Å²) in [5, 5.41) is 11.8. The van der Waals surface area contributed by atoms with Crippen LogP contribution in [-0.2, 0) is 0 Å². The zero-order chi connectivity index (χ0) is 6.85. The van der Waals surface area contributed by atoms with Crippen LogP contribution in [0.15, 0.2) is 4.63 Å². The van der Waals surface area contributed by atoms with Crippen molar-refractivity contribution in [2.75, 3.05) is 0 Å². The topological polar surface area (TPSA) is 67.2 Å². The molecule has 0 radical (unpaired) electrons. The molecule has 1 aromatic heterocycles. The molecule has 0 bridgehead atoms. The lowest BCUT2D eigenvalue weighted by Crippen LogP contribution is -2.30. The van der Waals surface area contributed by atoms with E-state index in [0.29, 0.717) is 16.9 Å². The van der Waals surface area contributed by atoms with E-state index in [0.717, 1.165) is 0 Å². The van der Waals surface area contributed by atoms with E-state index in [-0.39, 0.29) is 5.69 Å². The lowest BCUT2D eigenvalue weighted by Gasteiger charge is -1.72. The normalized spacial score (nSPS) is 9.44. The molecule has 1 heterocycles. The molecular formula is C4H5N2O3+. The second-order valence-corrected chi connectivity index (χ2v) is 1.53. The minimum atomic E-state index is 0.109. The van der Waals surface area contributed by atoms with Crippen LogP contribution >= 0.6 is 0 Å². The van der Waals surface area contributed by atoms with Crippen LogP contribution in [0.25, 0.3) is 0 Å². The first-order valence-corrected chi connectivity index (χ1v) is 2.29. The van der Waals surface area contributed by atoms with E-state index in [9.17, 15) is 4.79 Å². The van der Waals surface area contributed by atoms with E-state index in [1.807, 2.05) is 0 Å². The van der Waals surface area contributed by atoms with Gasteiger partial charge in [0, 0.05) is 6.92 Å². The number of rotatable bonds is 1. The number of hydrogen-bond acceptors (Lipinski definition) is 4. The highest BCUT2D eigenvalue weighted by Gasteiger charge is 2.17. The molecule has 48 valence electrons. The molecule has 0 aliphatic rings. The second-order valence-electron chi connectivity index (χ2n) is 1.53. The third-order valence-corrected chi connectivity index (χ3v) is 0.986. The van der Waals surface area contributed by atoms with E-state index in [4.69, 9.17) is 5.21 Å². The fraction of sp³-hybridized carbons (Fsp3) is 0.250. The summed E-state index contributed by atoms with van der Waals surface area (Å²) in [5.41, 5.74) is 0.405. The minimum absolute atomic E-state index is 0.109. The summed E-state index contributed by atoms with van der Waals surface area (Å²) in [7, 11) is 0. The Hall–Kier alpha value is -1.39. The monoisotopic (exact) mass is 129 g/mol. The molecule has 0 aromatic carbocycles. The smallest absolute Gasteiger partial charge is 0.313 e. The summed E-state index contributed by atoms with van der Waals surface area (Å²) in [6.07, 6.45) is 0.506. The Morgan fingerprint density at radius 1 is 1.89 bits per heavy atom. The van der Waals surface area contributed by atoms with Gasteiger partial charge in [0.1, 0.15) is 4.90 Å². The Labute approximate surface area is 50.4 Å². The van der Waals surface area contributed by atoms with Crippen molar-refractivity contribution < 1.29 is 19.5 Å². The number of hydrogen-bond donors (Lipinski definition) is 1. The molecule has 0 saturated heterocycles. The van der Waals surface area contributed by atoms with Gasteiger partial charge in [0.2, 0.25) is 12.0 Å². The van der Waals surface area contributed by atoms with Crippen molar-refractivity contribution in [2.45, 2.75) is 6.92 Å². The molecule has 1 rings (SSSR count). The summed E-state index contributed by atoms with van der Waals surface area (Å²) in [6.45, 7) is 1.51. The van der Waals surface area contributed by atoms with Gasteiger partial charge < -0.3 is 5.21 Å². The summed E-state index contributed by atoms with van der Waals surface area (Å²) in [6, 6.07) is 0. The number of carbonyl (C=O) groups is 1. The van der Waals surface area contributed by atoms with Crippen molar-refractivity contribution in [1.29, 1.82) is 0 Å². The molecule has 5 nitrogen and oxygen atoms in total. The summed E-state index contributed by atoms with van der Waals surface area (Å²) >= 11 is 0. The molecule has 0 fully saturated rings. The van der Waals surface area contributed by atoms with Gasteiger partial charge in [-0.25, -0.2) is 0 Å². The fourth-order valence-electron chi connectivity index (χ4n) is 0.415. The first-order valence-electron chi connectivity index (χ1n) is 2.29. The second kappa shape index (κ2) is 1.85. The zero-order valence-corrected chi connectivity index (χ0v) is 4.74. The van der Waals surface area contributed by atoms with E-state index < -0.39 is 0 Å². The fourth-order valence-corrected chi connectivity index (χ4v) is 0.415. The Bertz CT molecular complexity index is 230. The Balaban J connectivity index is 3.18. The Morgan fingerprint density at radius 2 is 2.56 bits per heavy atom. The van der Waals surface area contributed by atoms with Crippen LogP contribution in [0.3, 0.4) is 0 Å². The average Bonchev–Trinajstić information content (AvgIpc) is 2.15. The number of aromatic nitrogens is 2. The SMILES string of the molecule is Cc1c(C=O)no[n+]1O. The molecule has 1 N–H and O–H groups in total. The first kappa shape index (κ1) is 5.74. The van der Waals surface area contributed by atoms with Gasteiger partial charge in [-0.05, 0) is 4.63 Å². The standard InChI is InChI=1S/C4H5N2O3/c1-3-4(2-7)5-9-6(3)8/h2,8H,1H3/q+1. The largest absolute Gasteiger partial charge is 0.317 e. The Morgan fingerprint density at radius 3 is 2.78 bits per heavy atom. The molecule has 0 amide bonds. The summed E-state index contributed by atoms with van der Waals surface area (Å²) < 4.78 is 4.18. The number of aldehydes is 1. The van der Waals surface area contributed by atoms with Crippen molar-refractivity contribution in [3.63, 3.8) is 0 Å². The van der Waals surface area contributed by atoms with E-state index >= 15 is 0 Å². The van der Waals surface area contributed by atoms with Gasteiger partial charge in [-0.2, -0.15) is 0 Å². The summed E-state index contributed by atoms with van der Waals surface area (Å²) in [4.78, 5) is 10.4. The maximum Gasteiger partial charge on any atom is 0.313 e. The zero-order valence-electron chi connectivity index (χ0n) is 4.74. The van der Waals surface area contributed by atoms with E-state index in [2.05, 4.69) is 9.79 Å². The van der Waals surface area contributed by atoms with Crippen LogP contribution in [0.5, 0.6) is 0 Å². The first-order chi connectivity index (χ1) is 4.25. The molecular weight excluding hydrogens is 124 g/mol. The van der Waals surface area contributed by atoms with Crippen molar-refractivity contribution in [3.05, 3.63) is 11.4 Å². The maximum absolute atomic E-state index is 9.99. The Kier molecular flexibility index (Phi) is 1.18. The van der Waals surface area contributed by atoms with Crippen LogP contribution < -0.4 is 4.90 Å². The number of carbonyl (C=O) groups excluding carboxylic acids is 1. The molecule has 0 saturated carbocycles. The summed E-state index contributed by atoms with van der Waals surface area (Å²) in [5.74, 6) is 0. The molecule has 0 unspecified atom stereocenters. The average molecular weight is 129 g/mol. The van der Waals surface area contributed by atoms with Crippen molar-refractivity contribution >= 4 is 6.29 Å². The lowest BCUT2D eigenvalue weighted by molar-refractivity contribution is -1.04. The quantitative estimate of drug-likeness (QED) is 0.403. The molecule has 5 heteroatoms. The van der Waals surface area contributed by atoms with Crippen LogP contribution in [0, 0.1) is 6.92 Å². The van der Waals surface area contributed by atoms with E-state index in [1.165, 1.54) is 6.92 Å². The predicted molar refractivity (Wildman–Crippen MR) is 24.0 cm³/mol. The van der Waals surface area contributed by atoms with Crippen LogP contribution in [0.4, 0.5) is 0 Å². The van der Waals surface area contributed by atoms with E-state index in [1.54, 1.807) is 0 Å². The van der Waals surface area contributed by atoms with Gasteiger partial charge in [-0.1, -0.05) is 0 Å². The molecule has 9 heavy (non-hydrogen) atoms. The van der Waals surface area contributed by atoms with Gasteiger partial charge in [-0.3, -0.25) is 4.79 Å². The number of nitrogens with zero attached hydrogens (tertiary/aromatic N) is 2. The molecule has 0 atom stereocenters. The van der Waals surface area contributed by atoms with Gasteiger partial charge >= 0.3 is 5.69 Å². The minimum Gasteiger partial charge on any atom is -0.317 e. The highest BCUT2D eigenvalue weighted by molar-refractivity contribution is 5.71.